The van der Waals surface area contributed by atoms with Crippen LogP contribution in [-0.4, -0.2) is 37.1 Å². The normalized spacial score (nSPS) is 15.8. The molecule has 0 aromatic heterocycles. The van der Waals surface area contributed by atoms with Crippen LogP contribution in [0.5, 0.6) is 5.75 Å². The lowest BCUT2D eigenvalue weighted by Gasteiger charge is -2.30. The van der Waals surface area contributed by atoms with Gasteiger partial charge >= 0.3 is 0 Å². The molecule has 1 heterocycles. The maximum absolute atomic E-state index is 13.0. The molecule has 6 heteroatoms. The SMILES string of the molecule is O=C([C@H](Oc1ccc(Cl)cc1Cl)c1ccccc1)N1CCOCC1. The lowest BCUT2D eigenvalue weighted by Crippen LogP contribution is -2.44. The van der Waals surface area contributed by atoms with E-state index in [-0.39, 0.29) is 5.91 Å². The molecule has 2 aromatic carbocycles. The molecule has 126 valence electrons. The summed E-state index contributed by atoms with van der Waals surface area (Å²) in [6.07, 6.45) is -0.761. The van der Waals surface area contributed by atoms with Gasteiger partial charge in [-0.2, -0.15) is 0 Å². The third-order valence-electron chi connectivity index (χ3n) is 3.79. The first-order valence-electron chi connectivity index (χ1n) is 7.68. The summed E-state index contributed by atoms with van der Waals surface area (Å²) in [5.41, 5.74) is 0.778. The van der Waals surface area contributed by atoms with Gasteiger partial charge in [0.05, 0.1) is 18.2 Å². The van der Waals surface area contributed by atoms with Crippen molar-refractivity contribution in [2.45, 2.75) is 6.10 Å². The predicted molar refractivity (Wildman–Crippen MR) is 93.7 cm³/mol. The summed E-state index contributed by atoms with van der Waals surface area (Å²) in [5, 5.41) is 0.890. The Bertz CT molecular complexity index is 703. The molecule has 1 aliphatic heterocycles. The van der Waals surface area contributed by atoms with Gasteiger partial charge in [-0.05, 0) is 18.2 Å². The van der Waals surface area contributed by atoms with E-state index >= 15 is 0 Å². The topological polar surface area (TPSA) is 38.8 Å². The number of nitrogens with zero attached hydrogens (tertiary/aromatic N) is 1. The molecule has 0 unspecified atom stereocenters. The largest absolute Gasteiger partial charge is 0.474 e. The van der Waals surface area contributed by atoms with Gasteiger partial charge in [-0.3, -0.25) is 4.79 Å². The minimum atomic E-state index is -0.761. The fraction of sp³-hybridized carbons (Fsp3) is 0.278. The van der Waals surface area contributed by atoms with Crippen molar-refractivity contribution in [3.63, 3.8) is 0 Å². The fourth-order valence-corrected chi connectivity index (χ4v) is 2.99. The van der Waals surface area contributed by atoms with E-state index < -0.39 is 6.10 Å². The van der Waals surface area contributed by atoms with Gasteiger partial charge in [-0.25, -0.2) is 0 Å². The van der Waals surface area contributed by atoms with Crippen LogP contribution in [0.15, 0.2) is 48.5 Å². The van der Waals surface area contributed by atoms with Crippen molar-refractivity contribution in [3.8, 4) is 5.75 Å². The van der Waals surface area contributed by atoms with Crippen LogP contribution in [-0.2, 0) is 9.53 Å². The number of amides is 1. The first-order valence-corrected chi connectivity index (χ1v) is 8.44. The van der Waals surface area contributed by atoms with E-state index in [2.05, 4.69) is 0 Å². The van der Waals surface area contributed by atoms with Crippen molar-refractivity contribution in [2.24, 2.45) is 0 Å². The zero-order chi connectivity index (χ0) is 16.9. The molecule has 4 nitrogen and oxygen atoms in total. The Morgan fingerprint density at radius 2 is 1.79 bits per heavy atom. The van der Waals surface area contributed by atoms with E-state index in [0.717, 1.165) is 5.56 Å². The number of ether oxygens (including phenoxy) is 2. The molecule has 0 saturated carbocycles. The number of rotatable bonds is 4. The lowest BCUT2D eigenvalue weighted by molar-refractivity contribution is -0.143. The molecule has 1 atom stereocenters. The van der Waals surface area contributed by atoms with Gasteiger partial charge in [0.1, 0.15) is 5.75 Å². The Hall–Kier alpha value is -1.75. The van der Waals surface area contributed by atoms with Gasteiger partial charge in [-0.1, -0.05) is 53.5 Å². The van der Waals surface area contributed by atoms with Crippen molar-refractivity contribution in [1.29, 1.82) is 0 Å². The molecule has 0 aliphatic carbocycles. The van der Waals surface area contributed by atoms with Crippen LogP contribution in [0.25, 0.3) is 0 Å². The number of hydrogen-bond donors (Lipinski definition) is 0. The molecule has 1 aliphatic rings. The zero-order valence-corrected chi connectivity index (χ0v) is 14.5. The van der Waals surface area contributed by atoms with Crippen LogP contribution in [0, 0.1) is 0 Å². The zero-order valence-electron chi connectivity index (χ0n) is 13.0. The number of carbonyl (C=O) groups is 1. The third kappa shape index (κ3) is 4.01. The van der Waals surface area contributed by atoms with Crippen LogP contribution in [0.3, 0.4) is 0 Å². The maximum atomic E-state index is 13.0. The van der Waals surface area contributed by atoms with Crippen molar-refractivity contribution in [3.05, 3.63) is 64.1 Å². The molecule has 0 spiro atoms. The molecule has 0 N–H and O–H groups in total. The van der Waals surface area contributed by atoms with Crippen molar-refractivity contribution in [2.75, 3.05) is 26.3 Å². The first-order chi connectivity index (χ1) is 11.6. The number of hydrogen-bond acceptors (Lipinski definition) is 3. The Balaban J connectivity index is 1.88. The van der Waals surface area contributed by atoms with E-state index in [1.807, 2.05) is 30.3 Å². The number of carbonyl (C=O) groups excluding carboxylic acids is 1. The predicted octanol–water partition coefficient (Wildman–Crippen LogP) is 3.97. The average Bonchev–Trinajstić information content (AvgIpc) is 2.62. The molecule has 24 heavy (non-hydrogen) atoms. The average molecular weight is 366 g/mol. The van der Waals surface area contributed by atoms with Gasteiger partial charge < -0.3 is 14.4 Å². The highest BCUT2D eigenvalue weighted by Gasteiger charge is 2.29. The summed E-state index contributed by atoms with van der Waals surface area (Å²) < 4.78 is 11.3. The summed E-state index contributed by atoms with van der Waals surface area (Å²) in [4.78, 5) is 14.7. The second-order valence-electron chi connectivity index (χ2n) is 5.42. The summed E-state index contributed by atoms with van der Waals surface area (Å²) >= 11 is 12.1. The summed E-state index contributed by atoms with van der Waals surface area (Å²) in [5.74, 6) is 0.326. The highest BCUT2D eigenvalue weighted by Crippen LogP contribution is 2.32. The first kappa shape index (κ1) is 17.1. The monoisotopic (exact) mass is 365 g/mol. The van der Waals surface area contributed by atoms with E-state index in [9.17, 15) is 4.79 Å². The minimum Gasteiger partial charge on any atom is -0.474 e. The highest BCUT2D eigenvalue weighted by molar-refractivity contribution is 6.35. The molecular weight excluding hydrogens is 349 g/mol. The number of benzene rings is 2. The van der Waals surface area contributed by atoms with Gasteiger partial charge in [0, 0.05) is 23.7 Å². The van der Waals surface area contributed by atoms with Gasteiger partial charge in [-0.15, -0.1) is 0 Å². The minimum absolute atomic E-state index is 0.101. The Labute approximate surface area is 150 Å². The second-order valence-corrected chi connectivity index (χ2v) is 6.26. The van der Waals surface area contributed by atoms with Gasteiger partial charge in [0.25, 0.3) is 5.91 Å². The standard InChI is InChI=1S/C18H17Cl2NO3/c19-14-6-7-16(15(20)12-14)24-17(13-4-2-1-3-5-13)18(22)21-8-10-23-11-9-21/h1-7,12,17H,8-11H2/t17-/m1/s1. The van der Waals surface area contributed by atoms with Crippen LogP contribution in [0.4, 0.5) is 0 Å². The molecule has 1 amide bonds. The molecule has 1 fully saturated rings. The van der Waals surface area contributed by atoms with E-state index in [4.69, 9.17) is 32.7 Å². The van der Waals surface area contributed by atoms with Crippen LogP contribution in [0.1, 0.15) is 11.7 Å². The quantitative estimate of drug-likeness (QED) is 0.822. The van der Waals surface area contributed by atoms with E-state index in [1.54, 1.807) is 23.1 Å². The molecule has 2 aromatic rings. The van der Waals surface area contributed by atoms with Gasteiger partial charge in [0.2, 0.25) is 6.10 Å². The van der Waals surface area contributed by atoms with Crippen LogP contribution < -0.4 is 4.74 Å². The molecule has 3 rings (SSSR count). The molecular formula is C18H17Cl2NO3. The summed E-state index contributed by atoms with van der Waals surface area (Å²) in [7, 11) is 0. The molecule has 0 bridgehead atoms. The van der Waals surface area contributed by atoms with Crippen molar-refractivity contribution < 1.29 is 14.3 Å². The van der Waals surface area contributed by atoms with Crippen molar-refractivity contribution >= 4 is 29.1 Å². The van der Waals surface area contributed by atoms with Gasteiger partial charge in [0.15, 0.2) is 0 Å². The Morgan fingerprint density at radius 1 is 1.08 bits per heavy atom. The maximum Gasteiger partial charge on any atom is 0.268 e. The van der Waals surface area contributed by atoms with Crippen molar-refractivity contribution in [1.82, 2.24) is 4.90 Å². The Kier molecular flexibility index (Phi) is 5.61. The Morgan fingerprint density at radius 3 is 2.46 bits per heavy atom. The number of halogens is 2. The van der Waals surface area contributed by atoms with E-state index in [0.29, 0.717) is 42.1 Å². The lowest BCUT2D eigenvalue weighted by atomic mass is 10.1. The smallest absolute Gasteiger partial charge is 0.268 e. The third-order valence-corrected chi connectivity index (χ3v) is 4.32. The van der Waals surface area contributed by atoms with Crippen LogP contribution in [0.2, 0.25) is 10.0 Å². The fourth-order valence-electron chi connectivity index (χ4n) is 2.54. The number of morpholine rings is 1. The highest BCUT2D eigenvalue weighted by atomic mass is 35.5. The summed E-state index contributed by atoms with van der Waals surface area (Å²) in [6.45, 7) is 2.18. The van der Waals surface area contributed by atoms with Crippen LogP contribution >= 0.6 is 23.2 Å². The van der Waals surface area contributed by atoms with E-state index in [1.165, 1.54) is 0 Å². The second kappa shape index (κ2) is 7.88. The molecule has 0 radical (unpaired) electrons. The molecule has 1 saturated heterocycles. The summed E-state index contributed by atoms with van der Waals surface area (Å²) in [6, 6.07) is 14.3.